The second-order valence-electron chi connectivity index (χ2n) is 5.98. The minimum atomic E-state index is -0.682. The van der Waals surface area contributed by atoms with Crippen molar-refractivity contribution in [3.8, 4) is 5.75 Å². The smallest absolute Gasteiger partial charge is 0.224 e. The molecule has 0 radical (unpaired) electrons. The van der Waals surface area contributed by atoms with E-state index in [1.54, 1.807) is 17.0 Å². The van der Waals surface area contributed by atoms with E-state index in [0.29, 0.717) is 25.4 Å². The van der Waals surface area contributed by atoms with Crippen molar-refractivity contribution in [3.05, 3.63) is 60.2 Å². The van der Waals surface area contributed by atoms with Crippen LogP contribution in [0.1, 0.15) is 12.5 Å². The molecule has 2 aromatic carbocycles. The number of carbonyl (C=O) groups is 1. The fraction of sp³-hybridized carbons (Fsp3) is 0.350. The first-order valence-electron chi connectivity index (χ1n) is 8.64. The minimum Gasteiger partial charge on any atom is -0.491 e. The van der Waals surface area contributed by atoms with Crippen LogP contribution in [0.15, 0.2) is 54.6 Å². The maximum absolute atomic E-state index is 12.1. The molecule has 2 aromatic rings. The van der Waals surface area contributed by atoms with Gasteiger partial charge in [0.15, 0.2) is 0 Å². The first-order valence-corrected chi connectivity index (χ1v) is 8.64. The summed E-state index contributed by atoms with van der Waals surface area (Å²) in [7, 11) is 0. The van der Waals surface area contributed by atoms with Gasteiger partial charge in [0.05, 0.1) is 13.2 Å². The molecule has 0 saturated carbocycles. The first-order chi connectivity index (χ1) is 12.6. The van der Waals surface area contributed by atoms with Crippen LogP contribution in [0, 0.1) is 0 Å². The second kappa shape index (κ2) is 10.6. The summed E-state index contributed by atoms with van der Waals surface area (Å²) in [5.74, 6) is 0.530. The van der Waals surface area contributed by atoms with Crippen molar-refractivity contribution in [3.63, 3.8) is 0 Å². The van der Waals surface area contributed by atoms with Gasteiger partial charge in [0, 0.05) is 31.8 Å². The van der Waals surface area contributed by atoms with Crippen LogP contribution in [-0.2, 0) is 11.3 Å². The van der Waals surface area contributed by atoms with Gasteiger partial charge in [-0.25, -0.2) is 0 Å². The number of aliphatic hydroxyl groups is 2. The zero-order valence-corrected chi connectivity index (χ0v) is 15.0. The maximum atomic E-state index is 12.1. The molecule has 1 atom stereocenters. The average Bonchev–Trinajstić information content (AvgIpc) is 2.65. The van der Waals surface area contributed by atoms with Crippen LogP contribution < -0.4 is 15.0 Å². The molecule has 0 aliphatic rings. The van der Waals surface area contributed by atoms with Gasteiger partial charge in [0.1, 0.15) is 18.5 Å². The van der Waals surface area contributed by atoms with Crippen LogP contribution in [0.4, 0.5) is 5.69 Å². The van der Waals surface area contributed by atoms with Crippen molar-refractivity contribution in [1.82, 2.24) is 5.32 Å². The number of benzene rings is 2. The minimum absolute atomic E-state index is 0.0257. The third-order valence-electron chi connectivity index (χ3n) is 3.80. The molecular weight excluding hydrogens is 332 g/mol. The van der Waals surface area contributed by atoms with Gasteiger partial charge >= 0.3 is 0 Å². The van der Waals surface area contributed by atoms with E-state index < -0.39 is 6.10 Å². The Balaban J connectivity index is 2.00. The fourth-order valence-electron chi connectivity index (χ4n) is 2.49. The van der Waals surface area contributed by atoms with E-state index in [1.807, 2.05) is 42.5 Å². The molecule has 0 aliphatic carbocycles. The molecular formula is C20H26N2O4. The van der Waals surface area contributed by atoms with E-state index in [0.717, 1.165) is 11.3 Å². The third kappa shape index (κ3) is 6.48. The summed E-state index contributed by atoms with van der Waals surface area (Å²) in [6.45, 7) is 2.94. The lowest BCUT2D eigenvalue weighted by Crippen LogP contribution is -2.33. The Hall–Kier alpha value is -2.41. The number of aliphatic hydroxyl groups excluding tert-OH is 2. The van der Waals surface area contributed by atoms with E-state index in [-0.39, 0.29) is 19.1 Å². The van der Waals surface area contributed by atoms with Crippen LogP contribution in [0.2, 0.25) is 0 Å². The Morgan fingerprint density at radius 1 is 1.19 bits per heavy atom. The van der Waals surface area contributed by atoms with Crippen molar-refractivity contribution in [2.24, 2.45) is 0 Å². The molecule has 0 unspecified atom stereocenters. The highest BCUT2D eigenvalue weighted by molar-refractivity contribution is 5.91. The molecule has 140 valence electrons. The molecule has 0 spiro atoms. The van der Waals surface area contributed by atoms with Crippen LogP contribution in [-0.4, -0.2) is 48.5 Å². The maximum Gasteiger partial charge on any atom is 0.224 e. The number of nitrogens with one attached hydrogen (secondary N) is 1. The zero-order chi connectivity index (χ0) is 18.8. The number of amides is 1. The molecule has 0 saturated heterocycles. The van der Waals surface area contributed by atoms with Crippen LogP contribution in [0.3, 0.4) is 0 Å². The summed E-state index contributed by atoms with van der Waals surface area (Å²) in [6.07, 6.45) is -0.682. The van der Waals surface area contributed by atoms with Gasteiger partial charge in [-0.3, -0.25) is 4.79 Å². The molecule has 0 aliphatic heterocycles. The molecule has 3 N–H and O–H groups in total. The van der Waals surface area contributed by atoms with Gasteiger partial charge in [-0.05, 0) is 17.7 Å². The van der Waals surface area contributed by atoms with E-state index >= 15 is 0 Å². The summed E-state index contributed by atoms with van der Waals surface area (Å²) in [5.41, 5.74) is 1.78. The summed E-state index contributed by atoms with van der Waals surface area (Å²) in [4.78, 5) is 13.8. The lowest BCUT2D eigenvalue weighted by Gasteiger charge is -2.22. The van der Waals surface area contributed by atoms with Crippen molar-refractivity contribution >= 4 is 11.6 Å². The summed E-state index contributed by atoms with van der Waals surface area (Å²) < 4.78 is 5.63. The summed E-state index contributed by atoms with van der Waals surface area (Å²) in [5, 5.41) is 21.5. The number of hydrogen-bond acceptors (Lipinski definition) is 5. The van der Waals surface area contributed by atoms with Crippen molar-refractivity contribution in [2.45, 2.75) is 19.6 Å². The predicted molar refractivity (Wildman–Crippen MR) is 101 cm³/mol. The molecule has 26 heavy (non-hydrogen) atoms. The second-order valence-corrected chi connectivity index (χ2v) is 5.98. The molecule has 6 heteroatoms. The van der Waals surface area contributed by atoms with Gasteiger partial charge in [0.2, 0.25) is 5.91 Å². The molecule has 0 fully saturated rings. The van der Waals surface area contributed by atoms with Gasteiger partial charge in [-0.2, -0.15) is 0 Å². The van der Waals surface area contributed by atoms with Gasteiger partial charge in [-0.1, -0.05) is 36.4 Å². The van der Waals surface area contributed by atoms with E-state index in [4.69, 9.17) is 9.84 Å². The normalized spacial score (nSPS) is 11.8. The topological polar surface area (TPSA) is 82.0 Å². The van der Waals surface area contributed by atoms with E-state index in [1.165, 1.54) is 6.92 Å². The van der Waals surface area contributed by atoms with Crippen molar-refractivity contribution in [2.75, 3.05) is 31.2 Å². The monoisotopic (exact) mass is 358 g/mol. The fourth-order valence-corrected chi connectivity index (χ4v) is 2.49. The lowest BCUT2D eigenvalue weighted by atomic mass is 10.2. The highest BCUT2D eigenvalue weighted by atomic mass is 16.5. The lowest BCUT2D eigenvalue weighted by molar-refractivity contribution is -0.116. The van der Waals surface area contributed by atoms with Crippen molar-refractivity contribution < 1.29 is 19.7 Å². The summed E-state index contributed by atoms with van der Waals surface area (Å²) in [6, 6.07) is 17.0. The highest BCUT2D eigenvalue weighted by Crippen LogP contribution is 2.23. The Morgan fingerprint density at radius 2 is 1.96 bits per heavy atom. The zero-order valence-electron chi connectivity index (χ0n) is 15.0. The highest BCUT2D eigenvalue weighted by Gasteiger charge is 2.13. The number of hydrogen-bond donors (Lipinski definition) is 3. The molecule has 0 heterocycles. The van der Waals surface area contributed by atoms with Crippen molar-refractivity contribution in [1.29, 1.82) is 0 Å². The van der Waals surface area contributed by atoms with Crippen LogP contribution >= 0.6 is 0 Å². The van der Waals surface area contributed by atoms with Crippen LogP contribution in [0.25, 0.3) is 0 Å². The number of anilines is 1. The van der Waals surface area contributed by atoms with E-state index in [9.17, 15) is 9.90 Å². The Bertz CT molecular complexity index is 679. The van der Waals surface area contributed by atoms with E-state index in [2.05, 4.69) is 5.32 Å². The molecule has 0 aromatic heterocycles. The number of ether oxygens (including phenoxy) is 1. The molecule has 6 nitrogen and oxygen atoms in total. The Labute approximate surface area is 154 Å². The SMILES string of the molecule is CC(=O)N(Cc1ccccc1)c1cccc(OC[C@H](O)CNCCO)c1. The third-order valence-corrected chi connectivity index (χ3v) is 3.80. The largest absolute Gasteiger partial charge is 0.491 e. The Kier molecular flexibility index (Phi) is 8.08. The van der Waals surface area contributed by atoms with Gasteiger partial charge < -0.3 is 25.2 Å². The number of rotatable bonds is 10. The van der Waals surface area contributed by atoms with Gasteiger partial charge in [0.25, 0.3) is 0 Å². The standard InChI is InChI=1S/C20H26N2O4/c1-16(24)22(14-17-6-3-2-4-7-17)18-8-5-9-20(12-18)26-15-19(25)13-21-10-11-23/h2-9,12,19,21,23,25H,10-11,13-15H2,1H3/t19-/m1/s1. The number of carbonyl (C=O) groups excluding carboxylic acids is 1. The first kappa shape index (κ1) is 19.9. The van der Waals surface area contributed by atoms with Crippen LogP contribution in [0.5, 0.6) is 5.75 Å². The Morgan fingerprint density at radius 3 is 2.65 bits per heavy atom. The average molecular weight is 358 g/mol. The summed E-state index contributed by atoms with van der Waals surface area (Å²) >= 11 is 0. The molecule has 0 bridgehead atoms. The predicted octanol–water partition coefficient (Wildman–Crippen LogP) is 1.56. The molecule has 1 amide bonds. The van der Waals surface area contributed by atoms with Gasteiger partial charge in [-0.15, -0.1) is 0 Å². The molecule has 2 rings (SSSR count). The quantitative estimate of drug-likeness (QED) is 0.562. The number of nitrogens with zero attached hydrogens (tertiary/aromatic N) is 1.